The summed E-state index contributed by atoms with van der Waals surface area (Å²) >= 11 is 0. The van der Waals surface area contributed by atoms with Crippen LogP contribution in [0.25, 0.3) is 0 Å². The lowest BCUT2D eigenvalue weighted by Gasteiger charge is -2.06. The topological polar surface area (TPSA) is 47.6 Å². The van der Waals surface area contributed by atoms with E-state index in [1.807, 2.05) is 24.3 Å². The van der Waals surface area contributed by atoms with Crippen molar-refractivity contribution in [3.8, 4) is 5.75 Å². The smallest absolute Gasteiger partial charge is 0.343 e. The minimum Gasteiger partial charge on any atom is -0.482 e. The van der Waals surface area contributed by atoms with Crippen molar-refractivity contribution in [2.24, 2.45) is 0 Å². The molecule has 0 fully saturated rings. The maximum Gasteiger partial charge on any atom is 0.343 e. The molecule has 0 spiro atoms. The molecule has 0 unspecified atom stereocenters. The van der Waals surface area contributed by atoms with Crippen molar-refractivity contribution < 1.29 is 14.3 Å². The Hall–Kier alpha value is -1.55. The average molecular weight is 223 g/mol. The maximum atomic E-state index is 10.8. The first-order chi connectivity index (χ1) is 7.76. The number of hydrogen-bond donors (Lipinski definition) is 1. The van der Waals surface area contributed by atoms with Gasteiger partial charge in [0.05, 0.1) is 7.11 Å². The van der Waals surface area contributed by atoms with E-state index in [9.17, 15) is 4.79 Å². The van der Waals surface area contributed by atoms with E-state index in [2.05, 4.69) is 17.0 Å². The molecule has 0 aliphatic rings. The third-order valence-corrected chi connectivity index (χ3v) is 2.09. The lowest BCUT2D eigenvalue weighted by molar-refractivity contribution is -0.142. The van der Waals surface area contributed by atoms with Gasteiger partial charge in [0.15, 0.2) is 6.61 Å². The molecular formula is C12H17NO3. The fourth-order valence-corrected chi connectivity index (χ4v) is 1.17. The summed E-state index contributed by atoms with van der Waals surface area (Å²) in [6, 6.07) is 7.62. The van der Waals surface area contributed by atoms with Gasteiger partial charge in [-0.1, -0.05) is 19.1 Å². The SMILES string of the molecule is CCNCc1ccc(OCC(=O)OC)cc1. The Morgan fingerprint density at radius 1 is 1.31 bits per heavy atom. The Labute approximate surface area is 95.6 Å². The Kier molecular flexibility index (Phi) is 5.36. The summed E-state index contributed by atoms with van der Waals surface area (Å²) in [5, 5.41) is 3.23. The molecule has 0 atom stereocenters. The minimum absolute atomic E-state index is 0.0525. The van der Waals surface area contributed by atoms with Gasteiger partial charge in [0.2, 0.25) is 0 Å². The Bertz CT molecular complexity index is 322. The molecule has 88 valence electrons. The molecule has 0 bridgehead atoms. The van der Waals surface area contributed by atoms with Gasteiger partial charge in [-0.3, -0.25) is 0 Å². The zero-order valence-electron chi connectivity index (χ0n) is 9.66. The van der Waals surface area contributed by atoms with Crippen LogP contribution in [0, 0.1) is 0 Å². The number of rotatable bonds is 6. The number of ether oxygens (including phenoxy) is 2. The van der Waals surface area contributed by atoms with Crippen LogP contribution in [0.2, 0.25) is 0 Å². The standard InChI is InChI=1S/C12H17NO3/c1-3-13-8-10-4-6-11(7-5-10)16-9-12(14)15-2/h4-7,13H,3,8-9H2,1-2H3. The highest BCUT2D eigenvalue weighted by atomic mass is 16.6. The van der Waals surface area contributed by atoms with E-state index in [0.29, 0.717) is 5.75 Å². The van der Waals surface area contributed by atoms with Gasteiger partial charge in [0.1, 0.15) is 5.75 Å². The van der Waals surface area contributed by atoms with Gasteiger partial charge in [0.25, 0.3) is 0 Å². The van der Waals surface area contributed by atoms with Crippen LogP contribution in [0.4, 0.5) is 0 Å². The van der Waals surface area contributed by atoms with Crippen LogP contribution in [0.5, 0.6) is 5.75 Å². The second-order valence-corrected chi connectivity index (χ2v) is 3.29. The van der Waals surface area contributed by atoms with Crippen LogP contribution in [0.15, 0.2) is 24.3 Å². The van der Waals surface area contributed by atoms with Crippen molar-refractivity contribution in [3.05, 3.63) is 29.8 Å². The zero-order valence-corrected chi connectivity index (χ0v) is 9.66. The first kappa shape index (κ1) is 12.5. The van der Waals surface area contributed by atoms with Crippen molar-refractivity contribution in [3.63, 3.8) is 0 Å². The third-order valence-electron chi connectivity index (χ3n) is 2.09. The van der Waals surface area contributed by atoms with Gasteiger partial charge in [0, 0.05) is 6.54 Å². The number of carbonyl (C=O) groups excluding carboxylic acids is 1. The second-order valence-electron chi connectivity index (χ2n) is 3.29. The molecule has 4 nitrogen and oxygen atoms in total. The van der Waals surface area contributed by atoms with Crippen molar-refractivity contribution >= 4 is 5.97 Å². The highest BCUT2D eigenvalue weighted by molar-refractivity contribution is 5.70. The molecular weight excluding hydrogens is 206 g/mol. The van der Waals surface area contributed by atoms with Crippen molar-refractivity contribution in [2.75, 3.05) is 20.3 Å². The van der Waals surface area contributed by atoms with Crippen molar-refractivity contribution in [1.29, 1.82) is 0 Å². The molecule has 0 saturated heterocycles. The molecule has 1 aromatic carbocycles. The van der Waals surface area contributed by atoms with Crippen LogP contribution >= 0.6 is 0 Å². The molecule has 0 radical (unpaired) electrons. The van der Waals surface area contributed by atoms with Crippen molar-refractivity contribution in [1.82, 2.24) is 5.32 Å². The lowest BCUT2D eigenvalue weighted by atomic mass is 10.2. The first-order valence-electron chi connectivity index (χ1n) is 5.25. The number of methoxy groups -OCH3 is 1. The molecule has 1 N–H and O–H groups in total. The van der Waals surface area contributed by atoms with E-state index >= 15 is 0 Å². The predicted molar refractivity (Wildman–Crippen MR) is 61.3 cm³/mol. The number of nitrogens with one attached hydrogen (secondary N) is 1. The molecule has 0 aromatic heterocycles. The molecule has 4 heteroatoms. The van der Waals surface area contributed by atoms with Gasteiger partial charge < -0.3 is 14.8 Å². The van der Waals surface area contributed by atoms with E-state index < -0.39 is 0 Å². The van der Waals surface area contributed by atoms with Gasteiger partial charge in [-0.05, 0) is 24.2 Å². The summed E-state index contributed by atoms with van der Waals surface area (Å²) in [5.74, 6) is 0.294. The fraction of sp³-hybridized carbons (Fsp3) is 0.417. The lowest BCUT2D eigenvalue weighted by Crippen LogP contribution is -2.13. The maximum absolute atomic E-state index is 10.8. The molecule has 0 heterocycles. The molecule has 0 aliphatic carbocycles. The highest BCUT2D eigenvalue weighted by Crippen LogP contribution is 2.11. The van der Waals surface area contributed by atoms with Gasteiger partial charge in [-0.15, -0.1) is 0 Å². The van der Waals surface area contributed by atoms with Crippen LogP contribution < -0.4 is 10.1 Å². The van der Waals surface area contributed by atoms with E-state index in [4.69, 9.17) is 4.74 Å². The number of hydrogen-bond acceptors (Lipinski definition) is 4. The monoisotopic (exact) mass is 223 g/mol. The first-order valence-corrected chi connectivity index (χ1v) is 5.25. The Balaban J connectivity index is 2.41. The highest BCUT2D eigenvalue weighted by Gasteiger charge is 2.01. The van der Waals surface area contributed by atoms with Crippen LogP contribution in [0.3, 0.4) is 0 Å². The van der Waals surface area contributed by atoms with E-state index in [0.717, 1.165) is 13.1 Å². The molecule has 0 amide bonds. The summed E-state index contributed by atoms with van der Waals surface area (Å²) in [5.41, 5.74) is 1.19. The fourth-order valence-electron chi connectivity index (χ4n) is 1.17. The zero-order chi connectivity index (χ0) is 11.8. The predicted octanol–water partition coefficient (Wildman–Crippen LogP) is 1.35. The van der Waals surface area contributed by atoms with E-state index in [-0.39, 0.29) is 12.6 Å². The summed E-state index contributed by atoms with van der Waals surface area (Å²) in [7, 11) is 1.34. The van der Waals surface area contributed by atoms with Gasteiger partial charge >= 0.3 is 5.97 Å². The van der Waals surface area contributed by atoms with E-state index in [1.54, 1.807) is 0 Å². The number of benzene rings is 1. The molecule has 1 rings (SSSR count). The average Bonchev–Trinajstić information content (AvgIpc) is 2.34. The quantitative estimate of drug-likeness (QED) is 0.739. The van der Waals surface area contributed by atoms with E-state index in [1.165, 1.54) is 12.7 Å². The van der Waals surface area contributed by atoms with Crippen LogP contribution in [-0.2, 0) is 16.1 Å². The second kappa shape index (κ2) is 6.85. The van der Waals surface area contributed by atoms with Gasteiger partial charge in [-0.2, -0.15) is 0 Å². The molecule has 0 saturated carbocycles. The molecule has 0 aliphatic heterocycles. The summed E-state index contributed by atoms with van der Waals surface area (Å²) in [4.78, 5) is 10.8. The van der Waals surface area contributed by atoms with Crippen molar-refractivity contribution in [2.45, 2.75) is 13.5 Å². The number of esters is 1. The largest absolute Gasteiger partial charge is 0.482 e. The van der Waals surface area contributed by atoms with Crippen LogP contribution in [0.1, 0.15) is 12.5 Å². The Morgan fingerprint density at radius 3 is 2.56 bits per heavy atom. The third kappa shape index (κ3) is 4.31. The molecule has 1 aromatic rings. The summed E-state index contributed by atoms with van der Waals surface area (Å²) in [6.07, 6.45) is 0. The minimum atomic E-state index is -0.378. The van der Waals surface area contributed by atoms with Crippen LogP contribution in [-0.4, -0.2) is 26.2 Å². The molecule has 16 heavy (non-hydrogen) atoms. The Morgan fingerprint density at radius 2 is 2.00 bits per heavy atom. The van der Waals surface area contributed by atoms with Gasteiger partial charge in [-0.25, -0.2) is 4.79 Å². The normalized spacial score (nSPS) is 9.88. The number of carbonyl (C=O) groups is 1. The summed E-state index contributed by atoms with van der Waals surface area (Å²) < 4.78 is 9.70. The summed E-state index contributed by atoms with van der Waals surface area (Å²) in [6.45, 7) is 3.80.